The van der Waals surface area contributed by atoms with Gasteiger partial charge >= 0.3 is 0 Å². The summed E-state index contributed by atoms with van der Waals surface area (Å²) >= 11 is 1.46. The Morgan fingerprint density at radius 2 is 2.18 bits per heavy atom. The molecule has 3 N–H and O–H groups in total. The number of nitrogen functional groups attached to an aromatic ring is 1. The summed E-state index contributed by atoms with van der Waals surface area (Å²) in [6.07, 6.45) is 1.68. The van der Waals surface area contributed by atoms with Crippen molar-refractivity contribution in [2.75, 3.05) is 11.5 Å². The lowest BCUT2D eigenvalue weighted by Crippen LogP contribution is -2.37. The second-order valence-corrected chi connectivity index (χ2v) is 5.36. The van der Waals surface area contributed by atoms with Crippen LogP contribution >= 0.6 is 11.8 Å². The second-order valence-electron chi connectivity index (χ2n) is 4.31. The van der Waals surface area contributed by atoms with Crippen molar-refractivity contribution < 1.29 is 4.79 Å². The Hall–Kier alpha value is -1.23. The van der Waals surface area contributed by atoms with Gasteiger partial charge in [-0.3, -0.25) is 4.79 Å². The van der Waals surface area contributed by atoms with E-state index in [4.69, 9.17) is 5.73 Å². The van der Waals surface area contributed by atoms with E-state index in [1.165, 1.54) is 11.8 Å². The van der Waals surface area contributed by atoms with E-state index in [1.807, 2.05) is 13.0 Å². The summed E-state index contributed by atoms with van der Waals surface area (Å²) in [7, 11) is 0. The van der Waals surface area contributed by atoms with Crippen molar-refractivity contribution in [2.24, 2.45) is 5.92 Å². The lowest BCUT2D eigenvalue weighted by atomic mass is 10.1. The molecule has 5 heteroatoms. The molecule has 1 aromatic heterocycles. The monoisotopic (exact) mass is 253 g/mol. The number of carbonyl (C=O) groups excluding carboxylic acids is 1. The highest BCUT2D eigenvalue weighted by atomic mass is 32.2. The molecular weight excluding hydrogens is 234 g/mol. The van der Waals surface area contributed by atoms with Gasteiger partial charge in [0.1, 0.15) is 5.82 Å². The molecule has 1 atom stereocenters. The van der Waals surface area contributed by atoms with Gasteiger partial charge in [-0.25, -0.2) is 4.98 Å². The summed E-state index contributed by atoms with van der Waals surface area (Å²) in [6, 6.07) is 3.80. The molecule has 0 aliphatic carbocycles. The standard InChI is InChI=1S/C12H19N3OS/c1-8(2)9(3)15-12(16)7-17-10-4-5-11(13)14-6-10/h4-6,8-9H,7H2,1-3H3,(H2,13,14)(H,15,16). The Morgan fingerprint density at radius 3 is 2.71 bits per heavy atom. The lowest BCUT2D eigenvalue weighted by Gasteiger charge is -2.17. The average Bonchev–Trinajstić information content (AvgIpc) is 2.28. The lowest BCUT2D eigenvalue weighted by molar-refractivity contribution is -0.119. The van der Waals surface area contributed by atoms with E-state index in [-0.39, 0.29) is 11.9 Å². The zero-order valence-corrected chi connectivity index (χ0v) is 11.3. The fourth-order valence-electron chi connectivity index (χ4n) is 1.09. The van der Waals surface area contributed by atoms with E-state index >= 15 is 0 Å². The second kappa shape index (κ2) is 6.49. The van der Waals surface area contributed by atoms with Crippen LogP contribution in [0.4, 0.5) is 5.82 Å². The summed E-state index contributed by atoms with van der Waals surface area (Å²) in [6.45, 7) is 6.18. The van der Waals surface area contributed by atoms with Gasteiger partial charge in [-0.15, -0.1) is 11.8 Å². The van der Waals surface area contributed by atoms with E-state index < -0.39 is 0 Å². The van der Waals surface area contributed by atoms with Crippen LogP contribution in [0.25, 0.3) is 0 Å². The molecule has 0 saturated carbocycles. The number of amides is 1. The van der Waals surface area contributed by atoms with Crippen LogP contribution in [0.1, 0.15) is 20.8 Å². The van der Waals surface area contributed by atoms with Gasteiger partial charge in [-0.2, -0.15) is 0 Å². The predicted molar refractivity (Wildman–Crippen MR) is 71.8 cm³/mol. The third kappa shape index (κ3) is 5.08. The van der Waals surface area contributed by atoms with Gasteiger partial charge in [0.2, 0.25) is 5.91 Å². The number of thioether (sulfide) groups is 1. The molecule has 1 amide bonds. The smallest absolute Gasteiger partial charge is 0.230 e. The average molecular weight is 253 g/mol. The van der Waals surface area contributed by atoms with Gasteiger partial charge in [0, 0.05) is 17.1 Å². The molecule has 4 nitrogen and oxygen atoms in total. The number of nitrogens with two attached hydrogens (primary N) is 1. The van der Waals surface area contributed by atoms with Gasteiger partial charge in [-0.1, -0.05) is 13.8 Å². The van der Waals surface area contributed by atoms with Crippen LogP contribution in [-0.4, -0.2) is 22.7 Å². The van der Waals surface area contributed by atoms with Crippen molar-refractivity contribution in [1.82, 2.24) is 10.3 Å². The van der Waals surface area contributed by atoms with Crippen molar-refractivity contribution >= 4 is 23.5 Å². The maximum atomic E-state index is 11.6. The quantitative estimate of drug-likeness (QED) is 0.787. The van der Waals surface area contributed by atoms with E-state index in [2.05, 4.69) is 24.1 Å². The third-order valence-electron chi connectivity index (χ3n) is 2.52. The number of nitrogens with zero attached hydrogens (tertiary/aromatic N) is 1. The van der Waals surface area contributed by atoms with Crippen LogP contribution in [-0.2, 0) is 4.79 Å². The highest BCUT2D eigenvalue weighted by molar-refractivity contribution is 8.00. The zero-order valence-electron chi connectivity index (χ0n) is 10.4. The molecule has 0 aromatic carbocycles. The summed E-state index contributed by atoms with van der Waals surface area (Å²) in [5, 5.41) is 2.96. The van der Waals surface area contributed by atoms with Crippen molar-refractivity contribution in [2.45, 2.75) is 31.7 Å². The molecule has 0 bridgehead atoms. The minimum Gasteiger partial charge on any atom is -0.384 e. The zero-order chi connectivity index (χ0) is 12.8. The van der Waals surface area contributed by atoms with E-state index in [0.29, 0.717) is 17.5 Å². The number of aromatic nitrogens is 1. The van der Waals surface area contributed by atoms with E-state index in [1.54, 1.807) is 12.3 Å². The molecule has 0 saturated heterocycles. The van der Waals surface area contributed by atoms with Crippen LogP contribution < -0.4 is 11.1 Å². The van der Waals surface area contributed by atoms with Crippen LogP contribution in [0, 0.1) is 5.92 Å². The van der Waals surface area contributed by atoms with Gasteiger partial charge in [-0.05, 0) is 25.0 Å². The first-order valence-electron chi connectivity index (χ1n) is 5.62. The van der Waals surface area contributed by atoms with Gasteiger partial charge in [0.25, 0.3) is 0 Å². The number of hydrogen-bond acceptors (Lipinski definition) is 4. The van der Waals surface area contributed by atoms with Crippen molar-refractivity contribution in [1.29, 1.82) is 0 Å². The molecule has 1 heterocycles. The fraction of sp³-hybridized carbons (Fsp3) is 0.500. The molecule has 0 fully saturated rings. The Balaban J connectivity index is 2.35. The third-order valence-corrected chi connectivity index (χ3v) is 3.50. The van der Waals surface area contributed by atoms with Gasteiger partial charge in [0.15, 0.2) is 0 Å². The Kier molecular flexibility index (Phi) is 5.28. The summed E-state index contributed by atoms with van der Waals surface area (Å²) in [4.78, 5) is 16.5. The molecular formula is C12H19N3OS. The highest BCUT2D eigenvalue weighted by Gasteiger charge is 2.10. The number of anilines is 1. The first kappa shape index (κ1) is 13.8. The summed E-state index contributed by atoms with van der Waals surface area (Å²) in [5.74, 6) is 1.39. The Morgan fingerprint density at radius 1 is 1.47 bits per heavy atom. The maximum Gasteiger partial charge on any atom is 0.230 e. The number of carbonyl (C=O) groups is 1. The molecule has 17 heavy (non-hydrogen) atoms. The normalized spacial score (nSPS) is 12.5. The predicted octanol–water partition coefficient (Wildman–Crippen LogP) is 1.92. The highest BCUT2D eigenvalue weighted by Crippen LogP contribution is 2.17. The topological polar surface area (TPSA) is 68.0 Å². The van der Waals surface area contributed by atoms with Gasteiger partial charge < -0.3 is 11.1 Å². The molecule has 94 valence electrons. The summed E-state index contributed by atoms with van der Waals surface area (Å²) in [5.41, 5.74) is 5.48. The number of hydrogen-bond donors (Lipinski definition) is 2. The first-order valence-corrected chi connectivity index (χ1v) is 6.61. The molecule has 1 aromatic rings. The fourth-order valence-corrected chi connectivity index (χ4v) is 1.76. The van der Waals surface area contributed by atoms with Crippen LogP contribution in [0.15, 0.2) is 23.2 Å². The minimum atomic E-state index is 0.0491. The van der Waals surface area contributed by atoms with Crippen molar-refractivity contribution in [3.05, 3.63) is 18.3 Å². The number of pyridine rings is 1. The van der Waals surface area contributed by atoms with Crippen LogP contribution in [0.2, 0.25) is 0 Å². The first-order chi connectivity index (χ1) is 7.99. The van der Waals surface area contributed by atoms with Crippen LogP contribution in [0.3, 0.4) is 0 Å². The molecule has 0 aliphatic heterocycles. The molecule has 1 unspecified atom stereocenters. The summed E-state index contributed by atoms with van der Waals surface area (Å²) < 4.78 is 0. The molecule has 0 radical (unpaired) electrons. The largest absolute Gasteiger partial charge is 0.384 e. The molecule has 0 aliphatic rings. The Bertz CT molecular complexity index is 365. The van der Waals surface area contributed by atoms with Crippen molar-refractivity contribution in [3.63, 3.8) is 0 Å². The maximum absolute atomic E-state index is 11.6. The molecule has 0 spiro atoms. The van der Waals surface area contributed by atoms with Gasteiger partial charge in [0.05, 0.1) is 5.75 Å². The van der Waals surface area contributed by atoms with E-state index in [9.17, 15) is 4.79 Å². The Labute approximate surface area is 106 Å². The molecule has 1 rings (SSSR count). The SMILES string of the molecule is CC(C)C(C)NC(=O)CSc1ccc(N)nc1. The van der Waals surface area contributed by atoms with E-state index in [0.717, 1.165) is 4.90 Å². The number of rotatable bonds is 5. The number of nitrogens with one attached hydrogen (secondary N) is 1. The van der Waals surface area contributed by atoms with Crippen LogP contribution in [0.5, 0.6) is 0 Å². The van der Waals surface area contributed by atoms with Crippen molar-refractivity contribution in [3.8, 4) is 0 Å². The minimum absolute atomic E-state index is 0.0491.